The fourth-order valence-electron chi connectivity index (χ4n) is 2.87. The van der Waals surface area contributed by atoms with E-state index in [0.717, 1.165) is 22.6 Å². The summed E-state index contributed by atoms with van der Waals surface area (Å²) in [5.41, 5.74) is 3.40. The van der Waals surface area contributed by atoms with Gasteiger partial charge in [0.05, 0.1) is 24.9 Å². The summed E-state index contributed by atoms with van der Waals surface area (Å²) >= 11 is 0. The van der Waals surface area contributed by atoms with E-state index in [-0.39, 0.29) is 11.8 Å². The number of amides is 2. The van der Waals surface area contributed by atoms with E-state index in [1.165, 1.54) is 0 Å². The minimum atomic E-state index is -0.0709. The molecule has 0 saturated carbocycles. The number of anilines is 2. The first-order chi connectivity index (χ1) is 11.6. The maximum Gasteiger partial charge on any atom is 0.231 e. The molecule has 0 unspecified atom stereocenters. The number of methoxy groups -OCH3 is 1. The van der Waals surface area contributed by atoms with Gasteiger partial charge in [0.15, 0.2) is 0 Å². The van der Waals surface area contributed by atoms with Crippen LogP contribution in [0.2, 0.25) is 0 Å². The Balaban J connectivity index is 1.86. The van der Waals surface area contributed by atoms with Crippen molar-refractivity contribution in [2.45, 2.75) is 19.8 Å². The van der Waals surface area contributed by atoms with Crippen LogP contribution < -0.4 is 15.0 Å². The minimum absolute atomic E-state index is 0.0211. The van der Waals surface area contributed by atoms with Crippen LogP contribution in [-0.4, -0.2) is 25.5 Å². The molecule has 2 amide bonds. The summed E-state index contributed by atoms with van der Waals surface area (Å²) in [4.78, 5) is 26.4. The summed E-state index contributed by atoms with van der Waals surface area (Å²) in [6.07, 6.45) is 0.584. The largest absolute Gasteiger partial charge is 0.497 e. The SMILES string of the molecule is COc1ccc(CC(=O)N2CCC(=O)Nc3ccccc32)c(C)c1. The molecule has 3 rings (SSSR count). The van der Waals surface area contributed by atoms with Gasteiger partial charge in [0.25, 0.3) is 0 Å². The molecule has 0 aliphatic carbocycles. The molecule has 0 spiro atoms. The molecule has 1 aliphatic rings. The third-order valence-corrected chi connectivity index (χ3v) is 4.22. The monoisotopic (exact) mass is 324 g/mol. The van der Waals surface area contributed by atoms with Crippen LogP contribution in [0.15, 0.2) is 42.5 Å². The number of fused-ring (bicyclic) bond motifs is 1. The van der Waals surface area contributed by atoms with Gasteiger partial charge in [-0.05, 0) is 42.3 Å². The van der Waals surface area contributed by atoms with E-state index in [1.807, 2.05) is 49.4 Å². The minimum Gasteiger partial charge on any atom is -0.497 e. The zero-order valence-electron chi connectivity index (χ0n) is 13.8. The van der Waals surface area contributed by atoms with Crippen LogP contribution in [0.3, 0.4) is 0 Å². The topological polar surface area (TPSA) is 58.6 Å². The third kappa shape index (κ3) is 3.25. The first-order valence-corrected chi connectivity index (χ1v) is 7.91. The number of benzene rings is 2. The number of carbonyl (C=O) groups is 2. The van der Waals surface area contributed by atoms with Gasteiger partial charge in [-0.15, -0.1) is 0 Å². The van der Waals surface area contributed by atoms with Crippen LogP contribution in [0.25, 0.3) is 0 Å². The molecular weight excluding hydrogens is 304 g/mol. The van der Waals surface area contributed by atoms with Crippen molar-refractivity contribution >= 4 is 23.2 Å². The smallest absolute Gasteiger partial charge is 0.231 e. The summed E-state index contributed by atoms with van der Waals surface area (Å²) in [5, 5.41) is 2.85. The fraction of sp³-hybridized carbons (Fsp3) is 0.263. The lowest BCUT2D eigenvalue weighted by Gasteiger charge is -2.22. The second-order valence-electron chi connectivity index (χ2n) is 5.83. The zero-order chi connectivity index (χ0) is 17.1. The molecule has 0 atom stereocenters. The van der Waals surface area contributed by atoms with E-state index in [9.17, 15) is 9.59 Å². The maximum atomic E-state index is 12.9. The third-order valence-electron chi connectivity index (χ3n) is 4.22. The second-order valence-corrected chi connectivity index (χ2v) is 5.83. The summed E-state index contributed by atoms with van der Waals surface area (Å²) in [6, 6.07) is 13.1. The van der Waals surface area contributed by atoms with Gasteiger partial charge in [-0.25, -0.2) is 0 Å². The summed E-state index contributed by atoms with van der Waals surface area (Å²) < 4.78 is 5.21. The van der Waals surface area contributed by atoms with Crippen molar-refractivity contribution in [2.24, 2.45) is 0 Å². The van der Waals surface area contributed by atoms with Crippen LogP contribution >= 0.6 is 0 Å². The fourth-order valence-corrected chi connectivity index (χ4v) is 2.87. The van der Waals surface area contributed by atoms with Gasteiger partial charge in [0.1, 0.15) is 5.75 Å². The van der Waals surface area contributed by atoms with Crippen molar-refractivity contribution in [2.75, 3.05) is 23.9 Å². The van der Waals surface area contributed by atoms with E-state index in [1.54, 1.807) is 12.0 Å². The van der Waals surface area contributed by atoms with Crippen LogP contribution in [0.4, 0.5) is 11.4 Å². The molecule has 1 heterocycles. The Kier molecular flexibility index (Phi) is 4.51. The molecule has 0 fully saturated rings. The van der Waals surface area contributed by atoms with E-state index in [0.29, 0.717) is 25.1 Å². The molecule has 0 saturated heterocycles. The highest BCUT2D eigenvalue weighted by Crippen LogP contribution is 2.29. The highest BCUT2D eigenvalue weighted by atomic mass is 16.5. The molecule has 0 bridgehead atoms. The lowest BCUT2D eigenvalue weighted by atomic mass is 10.0. The van der Waals surface area contributed by atoms with Crippen molar-refractivity contribution in [1.29, 1.82) is 0 Å². The lowest BCUT2D eigenvalue weighted by Crippen LogP contribution is -2.33. The molecular formula is C19H20N2O3. The summed E-state index contributed by atoms with van der Waals surface area (Å²) in [5.74, 6) is 0.684. The number of carbonyl (C=O) groups excluding carboxylic acids is 2. The number of hydrogen-bond donors (Lipinski definition) is 1. The normalized spacial score (nSPS) is 13.8. The Bertz CT molecular complexity index is 786. The van der Waals surface area contributed by atoms with Gasteiger partial charge in [-0.3, -0.25) is 9.59 Å². The van der Waals surface area contributed by atoms with E-state index in [2.05, 4.69) is 5.32 Å². The first-order valence-electron chi connectivity index (χ1n) is 7.91. The standard InChI is InChI=1S/C19H20N2O3/c1-13-11-15(24-2)8-7-14(13)12-19(23)21-10-9-18(22)20-16-5-3-4-6-17(16)21/h3-8,11H,9-10,12H2,1-2H3,(H,20,22). The van der Waals surface area contributed by atoms with Crippen molar-refractivity contribution in [3.05, 3.63) is 53.6 Å². The number of para-hydroxylation sites is 2. The predicted molar refractivity (Wildman–Crippen MR) is 93.5 cm³/mol. The van der Waals surface area contributed by atoms with Crippen molar-refractivity contribution in [3.63, 3.8) is 0 Å². The van der Waals surface area contributed by atoms with Crippen LogP contribution in [0, 0.1) is 6.92 Å². The summed E-state index contributed by atoms with van der Waals surface area (Å²) in [7, 11) is 1.62. The average Bonchev–Trinajstić information content (AvgIpc) is 2.74. The van der Waals surface area contributed by atoms with Gasteiger partial charge < -0.3 is 15.0 Å². The van der Waals surface area contributed by atoms with Gasteiger partial charge >= 0.3 is 0 Å². The lowest BCUT2D eigenvalue weighted by molar-refractivity contribution is -0.118. The Labute approximate surface area is 141 Å². The molecule has 1 N–H and O–H groups in total. The van der Waals surface area contributed by atoms with Crippen molar-refractivity contribution in [3.8, 4) is 5.75 Å². The number of rotatable bonds is 3. The molecule has 124 valence electrons. The summed E-state index contributed by atoms with van der Waals surface area (Å²) in [6.45, 7) is 2.35. The average molecular weight is 324 g/mol. The molecule has 2 aromatic carbocycles. The quantitative estimate of drug-likeness (QED) is 0.944. The molecule has 5 nitrogen and oxygen atoms in total. The first kappa shape index (κ1) is 16.1. The van der Waals surface area contributed by atoms with Crippen molar-refractivity contribution in [1.82, 2.24) is 0 Å². The molecule has 24 heavy (non-hydrogen) atoms. The number of ether oxygens (including phenoxy) is 1. The maximum absolute atomic E-state index is 12.9. The van der Waals surface area contributed by atoms with Gasteiger partial charge in [-0.1, -0.05) is 18.2 Å². The van der Waals surface area contributed by atoms with Gasteiger partial charge in [-0.2, -0.15) is 0 Å². The van der Waals surface area contributed by atoms with Crippen LogP contribution in [0.1, 0.15) is 17.5 Å². The van der Waals surface area contributed by atoms with E-state index in [4.69, 9.17) is 4.74 Å². The Morgan fingerprint density at radius 2 is 2.04 bits per heavy atom. The Morgan fingerprint density at radius 3 is 2.79 bits per heavy atom. The molecule has 0 radical (unpaired) electrons. The highest BCUT2D eigenvalue weighted by Gasteiger charge is 2.24. The molecule has 5 heteroatoms. The van der Waals surface area contributed by atoms with E-state index < -0.39 is 0 Å². The Morgan fingerprint density at radius 1 is 1.25 bits per heavy atom. The highest BCUT2D eigenvalue weighted by molar-refractivity contribution is 6.04. The number of nitrogens with one attached hydrogen (secondary N) is 1. The Hall–Kier alpha value is -2.82. The number of aryl methyl sites for hydroxylation is 1. The van der Waals surface area contributed by atoms with Crippen molar-refractivity contribution < 1.29 is 14.3 Å². The predicted octanol–water partition coefficient (Wildman–Crippen LogP) is 2.92. The van der Waals surface area contributed by atoms with Gasteiger partial charge in [0, 0.05) is 13.0 Å². The van der Waals surface area contributed by atoms with E-state index >= 15 is 0 Å². The molecule has 1 aliphatic heterocycles. The second kappa shape index (κ2) is 6.74. The van der Waals surface area contributed by atoms with Crippen LogP contribution in [0.5, 0.6) is 5.75 Å². The van der Waals surface area contributed by atoms with Gasteiger partial charge in [0.2, 0.25) is 11.8 Å². The number of nitrogens with zero attached hydrogens (tertiary/aromatic N) is 1. The molecule has 0 aromatic heterocycles. The molecule has 2 aromatic rings. The van der Waals surface area contributed by atoms with Crippen LogP contribution in [-0.2, 0) is 16.0 Å². The number of hydrogen-bond acceptors (Lipinski definition) is 3. The zero-order valence-corrected chi connectivity index (χ0v) is 13.8.